The summed E-state index contributed by atoms with van der Waals surface area (Å²) in [5, 5.41) is 18.3. The van der Waals surface area contributed by atoms with Gasteiger partial charge in [0, 0.05) is 12.7 Å². The standard InChI is InChI=1S/C20H17F2NO4/c1-2-3-8-23-10-14(20(26)27)19(25)13-9-15(21)16(17(22)18(13)23)11-4-6-12(24)7-5-11/h4-7,9-10,24H,2-3,8H2,1H3,(H,26,27). The number of carboxylic acid groups (broad SMARTS) is 1. The SMILES string of the molecule is CCCCn1cc(C(=O)O)c(=O)c2cc(F)c(-c3ccc(O)cc3)c(F)c21. The topological polar surface area (TPSA) is 79.5 Å². The van der Waals surface area contributed by atoms with Crippen LogP contribution in [0.25, 0.3) is 22.0 Å². The molecule has 0 aliphatic carbocycles. The highest BCUT2D eigenvalue weighted by Gasteiger charge is 2.22. The van der Waals surface area contributed by atoms with Crippen molar-refractivity contribution in [1.82, 2.24) is 4.57 Å². The van der Waals surface area contributed by atoms with Crippen LogP contribution in [0.2, 0.25) is 0 Å². The molecule has 0 bridgehead atoms. The largest absolute Gasteiger partial charge is 0.508 e. The van der Waals surface area contributed by atoms with Crippen LogP contribution in [0.5, 0.6) is 5.75 Å². The third-order valence-electron chi connectivity index (χ3n) is 4.39. The summed E-state index contributed by atoms with van der Waals surface area (Å²) in [6, 6.07) is 6.20. The van der Waals surface area contributed by atoms with Gasteiger partial charge in [-0.2, -0.15) is 0 Å². The zero-order chi connectivity index (χ0) is 19.7. The van der Waals surface area contributed by atoms with Crippen molar-refractivity contribution in [2.75, 3.05) is 0 Å². The van der Waals surface area contributed by atoms with Gasteiger partial charge in [0.2, 0.25) is 5.43 Å². The van der Waals surface area contributed by atoms with Crippen LogP contribution in [0, 0.1) is 11.6 Å². The van der Waals surface area contributed by atoms with E-state index in [0.717, 1.165) is 18.7 Å². The number of halogens is 2. The molecule has 0 aliphatic rings. The number of benzene rings is 2. The second-order valence-electron chi connectivity index (χ2n) is 6.21. The number of phenolic OH excluding ortho intramolecular Hbond substituents is 1. The zero-order valence-electron chi connectivity index (χ0n) is 14.5. The Kier molecular flexibility index (Phi) is 4.94. The van der Waals surface area contributed by atoms with Crippen molar-refractivity contribution in [3.8, 4) is 16.9 Å². The molecule has 5 nitrogen and oxygen atoms in total. The number of aromatic hydroxyl groups is 1. The number of fused-ring (bicyclic) bond motifs is 1. The number of aromatic nitrogens is 1. The van der Waals surface area contributed by atoms with E-state index >= 15 is 4.39 Å². The molecule has 0 aliphatic heterocycles. The number of nitrogens with zero attached hydrogens (tertiary/aromatic N) is 1. The van der Waals surface area contributed by atoms with E-state index in [1.165, 1.54) is 28.8 Å². The predicted octanol–water partition coefficient (Wildman–Crippen LogP) is 4.15. The third kappa shape index (κ3) is 3.28. The molecule has 27 heavy (non-hydrogen) atoms. The lowest BCUT2D eigenvalue weighted by atomic mass is 10.0. The van der Waals surface area contributed by atoms with Crippen molar-refractivity contribution >= 4 is 16.9 Å². The summed E-state index contributed by atoms with van der Waals surface area (Å²) in [5.41, 5.74) is -1.74. The fourth-order valence-electron chi connectivity index (χ4n) is 3.04. The van der Waals surface area contributed by atoms with E-state index in [0.29, 0.717) is 6.42 Å². The lowest BCUT2D eigenvalue weighted by molar-refractivity contribution is 0.0694. The first kappa shape index (κ1) is 18.6. The van der Waals surface area contributed by atoms with Gasteiger partial charge in [0.25, 0.3) is 0 Å². The predicted molar refractivity (Wildman–Crippen MR) is 97.1 cm³/mol. The maximum atomic E-state index is 15.3. The minimum atomic E-state index is -1.45. The Morgan fingerprint density at radius 1 is 1.19 bits per heavy atom. The van der Waals surface area contributed by atoms with Gasteiger partial charge in [-0.15, -0.1) is 0 Å². The molecule has 0 saturated heterocycles. The van der Waals surface area contributed by atoms with Crippen molar-refractivity contribution in [3.63, 3.8) is 0 Å². The summed E-state index contributed by atoms with van der Waals surface area (Å²) in [5.74, 6) is -3.42. The van der Waals surface area contributed by atoms with Gasteiger partial charge < -0.3 is 14.8 Å². The second-order valence-corrected chi connectivity index (χ2v) is 6.21. The number of rotatable bonds is 5. The summed E-state index contributed by atoms with van der Waals surface area (Å²) in [6.45, 7) is 2.20. The molecule has 7 heteroatoms. The van der Waals surface area contributed by atoms with Crippen molar-refractivity contribution in [2.24, 2.45) is 0 Å². The van der Waals surface area contributed by atoms with Crippen LogP contribution in [-0.2, 0) is 6.54 Å². The fourth-order valence-corrected chi connectivity index (χ4v) is 3.04. The first-order valence-electron chi connectivity index (χ1n) is 8.43. The highest BCUT2D eigenvalue weighted by atomic mass is 19.1. The maximum absolute atomic E-state index is 15.3. The molecule has 0 unspecified atom stereocenters. The van der Waals surface area contributed by atoms with Crippen LogP contribution >= 0.6 is 0 Å². The molecule has 1 heterocycles. The average Bonchev–Trinajstić information content (AvgIpc) is 2.62. The molecule has 140 valence electrons. The van der Waals surface area contributed by atoms with Crippen LogP contribution in [0.1, 0.15) is 30.1 Å². The molecule has 0 fully saturated rings. The number of unbranched alkanes of at least 4 members (excludes halogenated alkanes) is 1. The Balaban J connectivity index is 2.39. The Labute approximate surface area is 153 Å². The maximum Gasteiger partial charge on any atom is 0.341 e. The van der Waals surface area contributed by atoms with E-state index in [1.807, 2.05) is 6.92 Å². The summed E-state index contributed by atoms with van der Waals surface area (Å²) in [4.78, 5) is 23.8. The number of aromatic carboxylic acids is 1. The lowest BCUT2D eigenvalue weighted by Gasteiger charge is -2.15. The number of hydrogen-bond donors (Lipinski definition) is 2. The van der Waals surface area contributed by atoms with Crippen LogP contribution in [0.15, 0.2) is 41.3 Å². The van der Waals surface area contributed by atoms with Gasteiger partial charge in [-0.1, -0.05) is 25.5 Å². The molecular weight excluding hydrogens is 356 g/mol. The van der Waals surface area contributed by atoms with Crippen molar-refractivity contribution in [3.05, 3.63) is 63.9 Å². The normalized spacial score (nSPS) is 11.1. The number of pyridine rings is 1. The molecule has 0 amide bonds. The van der Waals surface area contributed by atoms with E-state index in [4.69, 9.17) is 0 Å². The Bertz CT molecular complexity index is 1090. The van der Waals surface area contributed by atoms with Gasteiger partial charge in [-0.05, 0) is 30.2 Å². The van der Waals surface area contributed by atoms with Crippen molar-refractivity contribution in [1.29, 1.82) is 0 Å². The van der Waals surface area contributed by atoms with Crippen LogP contribution < -0.4 is 5.43 Å². The molecule has 0 spiro atoms. The first-order chi connectivity index (χ1) is 12.8. The van der Waals surface area contributed by atoms with Crippen LogP contribution in [0.4, 0.5) is 8.78 Å². The first-order valence-corrected chi connectivity index (χ1v) is 8.43. The van der Waals surface area contributed by atoms with Gasteiger partial charge in [0.1, 0.15) is 17.1 Å². The zero-order valence-corrected chi connectivity index (χ0v) is 14.5. The molecular formula is C20H17F2NO4. The van der Waals surface area contributed by atoms with E-state index < -0.39 is 28.6 Å². The van der Waals surface area contributed by atoms with Gasteiger partial charge in [-0.25, -0.2) is 13.6 Å². The smallest absolute Gasteiger partial charge is 0.341 e. The quantitative estimate of drug-likeness (QED) is 0.704. The third-order valence-corrected chi connectivity index (χ3v) is 4.39. The van der Waals surface area contributed by atoms with Crippen LogP contribution in [0.3, 0.4) is 0 Å². The molecule has 0 radical (unpaired) electrons. The highest BCUT2D eigenvalue weighted by Crippen LogP contribution is 2.32. The number of phenols is 1. The Morgan fingerprint density at radius 2 is 1.85 bits per heavy atom. The summed E-state index contributed by atoms with van der Waals surface area (Å²) in [7, 11) is 0. The minimum Gasteiger partial charge on any atom is -0.508 e. The molecule has 3 rings (SSSR count). The van der Waals surface area contributed by atoms with E-state index in [9.17, 15) is 24.2 Å². The molecule has 3 aromatic rings. The number of hydrogen-bond acceptors (Lipinski definition) is 3. The number of carboxylic acids is 1. The van der Waals surface area contributed by atoms with Crippen molar-refractivity contribution in [2.45, 2.75) is 26.3 Å². The summed E-state index contributed by atoms with van der Waals surface area (Å²) < 4.78 is 31.3. The molecule has 2 aromatic carbocycles. The lowest BCUT2D eigenvalue weighted by Crippen LogP contribution is -2.20. The molecule has 0 atom stereocenters. The molecule has 0 saturated carbocycles. The fraction of sp³-hybridized carbons (Fsp3) is 0.200. The van der Waals surface area contributed by atoms with Gasteiger partial charge >= 0.3 is 5.97 Å². The van der Waals surface area contributed by atoms with Gasteiger partial charge in [0.15, 0.2) is 5.82 Å². The minimum absolute atomic E-state index is 0.0497. The Hall–Kier alpha value is -3.22. The average molecular weight is 373 g/mol. The number of carbonyl (C=O) groups is 1. The molecule has 2 N–H and O–H groups in total. The van der Waals surface area contributed by atoms with Gasteiger partial charge in [-0.3, -0.25) is 4.79 Å². The van der Waals surface area contributed by atoms with Crippen molar-refractivity contribution < 1.29 is 23.8 Å². The summed E-state index contributed by atoms with van der Waals surface area (Å²) in [6.07, 6.45) is 2.50. The summed E-state index contributed by atoms with van der Waals surface area (Å²) >= 11 is 0. The monoisotopic (exact) mass is 373 g/mol. The van der Waals surface area contributed by atoms with Gasteiger partial charge in [0.05, 0.1) is 16.5 Å². The van der Waals surface area contributed by atoms with Crippen LogP contribution in [-0.4, -0.2) is 20.7 Å². The van der Waals surface area contributed by atoms with E-state index in [-0.39, 0.29) is 34.3 Å². The Morgan fingerprint density at radius 3 is 2.44 bits per heavy atom. The van der Waals surface area contributed by atoms with E-state index in [1.54, 1.807) is 0 Å². The van der Waals surface area contributed by atoms with E-state index in [2.05, 4.69) is 0 Å². The number of aryl methyl sites for hydroxylation is 1. The highest BCUT2D eigenvalue weighted by molar-refractivity contribution is 5.94. The second kappa shape index (κ2) is 7.19. The molecule has 1 aromatic heterocycles.